The number of carbonyl (C=O) groups is 1. The highest BCUT2D eigenvalue weighted by molar-refractivity contribution is 6.12. The molecule has 0 unspecified atom stereocenters. The molecule has 0 fully saturated rings. The second-order valence-electron chi connectivity index (χ2n) is 8.95. The summed E-state index contributed by atoms with van der Waals surface area (Å²) < 4.78 is 60.5. The Bertz CT molecular complexity index is 1840. The number of aromatic nitrogens is 1. The number of carboxylic acid groups (broad SMARTS) is 1. The van der Waals surface area contributed by atoms with Crippen molar-refractivity contribution in [3.8, 4) is 28.4 Å². The van der Waals surface area contributed by atoms with E-state index in [1.54, 1.807) is 30.3 Å². The van der Waals surface area contributed by atoms with E-state index < -0.39 is 29.2 Å². The van der Waals surface area contributed by atoms with Crippen molar-refractivity contribution in [2.45, 2.75) is 19.8 Å². The second-order valence-corrected chi connectivity index (χ2v) is 8.95. The molecular formula is C28H18F3NO7. The molecular weight excluding hydrogens is 519 g/mol. The number of para-hydroxylation sites is 1. The zero-order valence-electron chi connectivity index (χ0n) is 20.2. The van der Waals surface area contributed by atoms with Crippen molar-refractivity contribution in [1.29, 1.82) is 0 Å². The monoisotopic (exact) mass is 537 g/mol. The third kappa shape index (κ3) is 4.21. The molecule has 0 bridgehead atoms. The maximum absolute atomic E-state index is 13.9. The maximum Gasteiger partial charge on any atom is 0.573 e. The molecule has 8 nitrogen and oxygen atoms in total. The first-order valence-corrected chi connectivity index (χ1v) is 11.7. The smallest absolute Gasteiger partial charge is 0.477 e. The highest BCUT2D eigenvalue weighted by Gasteiger charge is 2.32. The van der Waals surface area contributed by atoms with Crippen LogP contribution < -0.4 is 19.8 Å². The molecule has 0 amide bonds. The number of aryl methyl sites for hydroxylation is 1. The topological polar surface area (TPSA) is 100 Å². The van der Waals surface area contributed by atoms with Crippen molar-refractivity contribution in [1.82, 2.24) is 4.57 Å². The van der Waals surface area contributed by atoms with Gasteiger partial charge in [-0.1, -0.05) is 30.3 Å². The van der Waals surface area contributed by atoms with E-state index >= 15 is 0 Å². The number of alkyl halides is 3. The predicted octanol–water partition coefficient (Wildman–Crippen LogP) is 6.10. The van der Waals surface area contributed by atoms with Gasteiger partial charge in [0.25, 0.3) is 5.56 Å². The zero-order chi connectivity index (χ0) is 27.5. The molecule has 198 valence electrons. The largest absolute Gasteiger partial charge is 0.573 e. The maximum atomic E-state index is 13.9. The number of fused-ring (bicyclic) bond motifs is 4. The van der Waals surface area contributed by atoms with Crippen molar-refractivity contribution in [3.63, 3.8) is 0 Å². The number of pyridine rings is 1. The molecule has 11 heteroatoms. The molecule has 0 atom stereocenters. The lowest BCUT2D eigenvalue weighted by atomic mass is 9.98. The van der Waals surface area contributed by atoms with Gasteiger partial charge < -0.3 is 23.7 Å². The van der Waals surface area contributed by atoms with Gasteiger partial charge in [0.15, 0.2) is 17.1 Å². The lowest BCUT2D eigenvalue weighted by Crippen LogP contribution is -2.28. The van der Waals surface area contributed by atoms with Gasteiger partial charge in [0.1, 0.15) is 16.9 Å². The number of rotatable bonds is 5. The Morgan fingerprint density at radius 3 is 2.56 bits per heavy atom. The first-order chi connectivity index (χ1) is 18.6. The minimum atomic E-state index is -4.90. The first-order valence-electron chi connectivity index (χ1n) is 11.7. The molecule has 0 spiro atoms. The molecule has 5 aromatic rings. The van der Waals surface area contributed by atoms with E-state index in [1.807, 2.05) is 13.0 Å². The van der Waals surface area contributed by atoms with Crippen molar-refractivity contribution in [2.75, 3.05) is 6.79 Å². The van der Waals surface area contributed by atoms with Gasteiger partial charge in [-0.05, 0) is 48.4 Å². The summed E-state index contributed by atoms with van der Waals surface area (Å²) in [5.74, 6) is -1.06. The number of nitrogens with zero attached hydrogens (tertiary/aromatic N) is 1. The summed E-state index contributed by atoms with van der Waals surface area (Å²) in [6, 6.07) is 15.1. The van der Waals surface area contributed by atoms with Crippen LogP contribution in [0.2, 0.25) is 0 Å². The Morgan fingerprint density at radius 1 is 1.08 bits per heavy atom. The van der Waals surface area contributed by atoms with Crippen molar-refractivity contribution in [2.24, 2.45) is 0 Å². The number of benzene rings is 3. The van der Waals surface area contributed by atoms with Crippen LogP contribution in [0.1, 0.15) is 21.5 Å². The van der Waals surface area contributed by atoms with E-state index in [-0.39, 0.29) is 30.0 Å². The number of ether oxygens (including phenoxy) is 3. The number of aromatic carboxylic acids is 1. The molecule has 0 aliphatic carbocycles. The molecule has 0 saturated heterocycles. The SMILES string of the molecule is Cc1ccc2c(c1)oc1c(-c3ccc(OC(F)(F)F)cc3)c(C(=O)O)c(=O)n(Cc3cccc4c3OCO4)c12. The van der Waals surface area contributed by atoms with Crippen molar-refractivity contribution >= 4 is 28.0 Å². The molecule has 3 heterocycles. The molecule has 0 saturated carbocycles. The fraction of sp³-hybridized carbons (Fsp3) is 0.143. The molecule has 6 rings (SSSR count). The van der Waals surface area contributed by atoms with E-state index in [4.69, 9.17) is 13.9 Å². The van der Waals surface area contributed by atoms with Gasteiger partial charge in [-0.2, -0.15) is 0 Å². The van der Waals surface area contributed by atoms with E-state index in [0.29, 0.717) is 33.5 Å². The van der Waals surface area contributed by atoms with Crippen LogP contribution >= 0.6 is 0 Å². The van der Waals surface area contributed by atoms with Crippen molar-refractivity contribution in [3.05, 3.63) is 87.7 Å². The molecule has 0 radical (unpaired) electrons. The molecule has 1 aliphatic rings. The molecule has 1 N–H and O–H groups in total. The highest BCUT2D eigenvalue weighted by atomic mass is 19.4. The van der Waals surface area contributed by atoms with Gasteiger partial charge in [-0.3, -0.25) is 9.36 Å². The lowest BCUT2D eigenvalue weighted by molar-refractivity contribution is -0.274. The van der Waals surface area contributed by atoms with Crippen LogP contribution in [0.3, 0.4) is 0 Å². The first kappa shape index (κ1) is 24.4. The number of hydrogen-bond acceptors (Lipinski definition) is 6. The van der Waals surface area contributed by atoms with E-state index in [1.165, 1.54) is 16.7 Å². The van der Waals surface area contributed by atoms with Gasteiger partial charge >= 0.3 is 12.3 Å². The van der Waals surface area contributed by atoms with Crippen LogP contribution in [0.5, 0.6) is 17.2 Å². The summed E-state index contributed by atoms with van der Waals surface area (Å²) in [5.41, 5.74) is 1.02. The third-order valence-corrected chi connectivity index (χ3v) is 6.42. The average molecular weight is 537 g/mol. The minimum Gasteiger partial charge on any atom is -0.477 e. The Balaban J connectivity index is 1.64. The van der Waals surface area contributed by atoms with Crippen LogP contribution in [0.25, 0.3) is 33.2 Å². The quantitative estimate of drug-likeness (QED) is 0.289. The van der Waals surface area contributed by atoms with Gasteiger partial charge in [0.05, 0.1) is 12.1 Å². The van der Waals surface area contributed by atoms with Crippen molar-refractivity contribution < 1.29 is 41.7 Å². The summed E-state index contributed by atoms with van der Waals surface area (Å²) in [7, 11) is 0. The molecule has 3 aromatic carbocycles. The standard InChI is InChI=1S/C28H18F3NO7/c1-14-5-10-18-20(11-14)38-25-21(15-6-8-17(9-7-15)39-28(29,30)31)22(27(34)35)26(33)32(23(18)25)12-16-3-2-4-19-24(16)37-13-36-19/h2-11H,12-13H2,1H3,(H,34,35). The molecule has 1 aliphatic heterocycles. The van der Waals surface area contributed by atoms with Gasteiger partial charge in [-0.15, -0.1) is 13.2 Å². The van der Waals surface area contributed by atoms with Crippen LogP contribution in [-0.2, 0) is 6.54 Å². The number of carboxylic acids is 1. The van der Waals surface area contributed by atoms with E-state index in [9.17, 15) is 27.9 Å². The highest BCUT2D eigenvalue weighted by Crippen LogP contribution is 2.40. The van der Waals surface area contributed by atoms with Crippen LogP contribution in [0.15, 0.2) is 69.9 Å². The summed E-state index contributed by atoms with van der Waals surface area (Å²) in [6.07, 6.45) is -4.90. The average Bonchev–Trinajstić information content (AvgIpc) is 3.49. The van der Waals surface area contributed by atoms with Crippen LogP contribution in [0.4, 0.5) is 13.2 Å². The van der Waals surface area contributed by atoms with E-state index in [2.05, 4.69) is 4.74 Å². The Morgan fingerprint density at radius 2 is 1.85 bits per heavy atom. The van der Waals surface area contributed by atoms with E-state index in [0.717, 1.165) is 17.7 Å². The summed E-state index contributed by atoms with van der Waals surface area (Å²) in [5, 5.41) is 10.7. The zero-order valence-corrected chi connectivity index (χ0v) is 20.2. The van der Waals surface area contributed by atoms with Crippen LogP contribution in [0, 0.1) is 6.92 Å². The predicted molar refractivity (Wildman–Crippen MR) is 133 cm³/mol. The van der Waals surface area contributed by atoms with Gasteiger partial charge in [0.2, 0.25) is 6.79 Å². The fourth-order valence-electron chi connectivity index (χ4n) is 4.82. The third-order valence-electron chi connectivity index (χ3n) is 6.42. The second kappa shape index (κ2) is 8.83. The lowest BCUT2D eigenvalue weighted by Gasteiger charge is -2.15. The minimum absolute atomic E-state index is 0.0118. The summed E-state index contributed by atoms with van der Waals surface area (Å²) >= 11 is 0. The Labute approximate surface area is 217 Å². The van der Waals surface area contributed by atoms with Gasteiger partial charge in [0, 0.05) is 16.5 Å². The number of furan rings is 1. The Hall–Kier alpha value is -4.93. The normalized spacial score (nSPS) is 12.8. The fourth-order valence-corrected chi connectivity index (χ4v) is 4.82. The molecule has 39 heavy (non-hydrogen) atoms. The van der Waals surface area contributed by atoms with Crippen LogP contribution in [-0.4, -0.2) is 28.8 Å². The number of hydrogen-bond donors (Lipinski definition) is 1. The number of halogens is 3. The summed E-state index contributed by atoms with van der Waals surface area (Å²) in [4.78, 5) is 26.4. The molecule has 2 aromatic heterocycles. The Kier molecular flexibility index (Phi) is 5.53. The van der Waals surface area contributed by atoms with Gasteiger partial charge in [-0.25, -0.2) is 4.79 Å². The summed E-state index contributed by atoms with van der Waals surface area (Å²) in [6.45, 7) is 1.81.